The van der Waals surface area contributed by atoms with E-state index in [1.165, 1.54) is 17.0 Å². The first-order valence-electron chi connectivity index (χ1n) is 10.7. The maximum atomic E-state index is 13.5. The first-order valence-corrected chi connectivity index (χ1v) is 10.7. The van der Waals surface area contributed by atoms with Crippen LogP contribution in [0.15, 0.2) is 23.0 Å². The molecule has 0 spiro atoms. The molecule has 7 heteroatoms. The Labute approximate surface area is 184 Å². The van der Waals surface area contributed by atoms with E-state index in [0.29, 0.717) is 35.5 Å². The quantitative estimate of drug-likeness (QED) is 0.626. The van der Waals surface area contributed by atoms with Crippen LogP contribution in [-0.4, -0.2) is 35.0 Å². The van der Waals surface area contributed by atoms with Gasteiger partial charge in [-0.25, -0.2) is 4.79 Å². The fourth-order valence-electron chi connectivity index (χ4n) is 3.22. The van der Waals surface area contributed by atoms with E-state index in [1.807, 2.05) is 20.8 Å². The van der Waals surface area contributed by atoms with Crippen LogP contribution in [0.3, 0.4) is 0 Å². The summed E-state index contributed by atoms with van der Waals surface area (Å²) in [6.07, 6.45) is 1.16. The molecule has 0 aliphatic heterocycles. The Hall–Kier alpha value is -2.70. The highest BCUT2D eigenvalue weighted by molar-refractivity contribution is 5.97. The van der Waals surface area contributed by atoms with Crippen molar-refractivity contribution in [3.8, 4) is 11.5 Å². The Balaban J connectivity index is 2.84. The second-order valence-electron chi connectivity index (χ2n) is 10.1. The van der Waals surface area contributed by atoms with Crippen LogP contribution in [0, 0.1) is 5.41 Å². The lowest BCUT2D eigenvalue weighted by Gasteiger charge is -2.30. The number of pyridine rings is 1. The normalized spacial score (nSPS) is 12.1. The molecule has 172 valence electrons. The van der Waals surface area contributed by atoms with E-state index >= 15 is 0 Å². The molecule has 7 nitrogen and oxygen atoms in total. The number of nitrogens with zero attached hydrogens (tertiary/aromatic N) is 2. The zero-order valence-corrected chi connectivity index (χ0v) is 20.0. The van der Waals surface area contributed by atoms with Crippen molar-refractivity contribution in [2.45, 2.75) is 73.5 Å². The molecule has 0 aliphatic carbocycles. The largest absolute Gasteiger partial charge is 0.508 e. The number of anilines is 1. The minimum Gasteiger partial charge on any atom is -0.508 e. The van der Waals surface area contributed by atoms with Gasteiger partial charge in [-0.3, -0.25) is 14.3 Å². The van der Waals surface area contributed by atoms with Gasteiger partial charge in [-0.15, -0.1) is 0 Å². The lowest BCUT2D eigenvalue weighted by Crippen LogP contribution is -2.39. The molecular formula is C24H36N2O5. The molecule has 0 fully saturated rings. The number of unbranched alkanes of at least 4 members (excludes halogenated alkanes) is 1. The number of phenolic OH excluding ortho intramolecular Hbond substituents is 1. The number of amides is 1. The van der Waals surface area contributed by atoms with E-state index in [2.05, 4.69) is 6.92 Å². The van der Waals surface area contributed by atoms with Crippen LogP contribution in [0.1, 0.15) is 61.3 Å². The van der Waals surface area contributed by atoms with Gasteiger partial charge in [0.1, 0.15) is 11.4 Å². The van der Waals surface area contributed by atoms with Crippen molar-refractivity contribution < 1.29 is 19.4 Å². The van der Waals surface area contributed by atoms with Gasteiger partial charge in [-0.2, -0.15) is 0 Å². The van der Waals surface area contributed by atoms with Gasteiger partial charge in [-0.05, 0) is 50.8 Å². The maximum absolute atomic E-state index is 13.5. The molecule has 0 atom stereocenters. The summed E-state index contributed by atoms with van der Waals surface area (Å²) in [5, 5.41) is 11.0. The predicted octanol–water partition coefficient (Wildman–Crippen LogP) is 5.30. The summed E-state index contributed by atoms with van der Waals surface area (Å²) in [6.45, 7) is 14.3. The van der Waals surface area contributed by atoms with Crippen molar-refractivity contribution in [1.82, 2.24) is 4.57 Å². The summed E-state index contributed by atoms with van der Waals surface area (Å²) in [4.78, 5) is 27.8. The van der Waals surface area contributed by atoms with Gasteiger partial charge in [0.2, 0.25) is 0 Å². The fraction of sp³-hybridized carbons (Fsp3) is 0.583. The molecule has 31 heavy (non-hydrogen) atoms. The zero-order valence-electron chi connectivity index (χ0n) is 20.0. The molecule has 0 unspecified atom stereocenters. The van der Waals surface area contributed by atoms with Crippen LogP contribution in [0.4, 0.5) is 10.6 Å². The molecule has 1 aromatic heterocycles. The second-order valence-corrected chi connectivity index (χ2v) is 10.1. The third-order valence-electron chi connectivity index (χ3n) is 4.54. The summed E-state index contributed by atoms with van der Waals surface area (Å²) in [7, 11) is 1.57. The SMILES string of the molecule is CCCCOc1c(N(C)C(=O)OC(C)(C)C)n(CC(C)(C)C)c(=O)c2ccc(O)cc12. The summed E-state index contributed by atoms with van der Waals surface area (Å²) in [5.74, 6) is 0.728. The van der Waals surface area contributed by atoms with Crippen molar-refractivity contribution in [3.05, 3.63) is 28.6 Å². The van der Waals surface area contributed by atoms with Crippen molar-refractivity contribution in [3.63, 3.8) is 0 Å². The minimum absolute atomic E-state index is 0.0201. The Morgan fingerprint density at radius 2 is 1.77 bits per heavy atom. The Kier molecular flexibility index (Phi) is 7.29. The molecule has 0 saturated heterocycles. The van der Waals surface area contributed by atoms with Crippen LogP contribution >= 0.6 is 0 Å². The molecule has 1 aromatic carbocycles. The van der Waals surface area contributed by atoms with Gasteiger partial charge < -0.3 is 14.6 Å². The van der Waals surface area contributed by atoms with Gasteiger partial charge in [0.25, 0.3) is 5.56 Å². The van der Waals surface area contributed by atoms with E-state index in [1.54, 1.807) is 38.5 Å². The molecule has 2 aromatic rings. The molecule has 0 radical (unpaired) electrons. The average molecular weight is 433 g/mol. The zero-order chi connectivity index (χ0) is 23.6. The van der Waals surface area contributed by atoms with E-state index in [-0.39, 0.29) is 16.7 Å². The minimum atomic E-state index is -0.696. The molecule has 1 N–H and O–H groups in total. The van der Waals surface area contributed by atoms with Gasteiger partial charge in [-0.1, -0.05) is 34.1 Å². The fourth-order valence-corrected chi connectivity index (χ4v) is 3.22. The lowest BCUT2D eigenvalue weighted by molar-refractivity contribution is 0.0585. The van der Waals surface area contributed by atoms with Crippen LogP contribution in [0.2, 0.25) is 0 Å². The first kappa shape index (κ1) is 24.6. The highest BCUT2D eigenvalue weighted by atomic mass is 16.6. The van der Waals surface area contributed by atoms with Crippen molar-refractivity contribution in [2.75, 3.05) is 18.6 Å². The average Bonchev–Trinajstić information content (AvgIpc) is 2.62. The smallest absolute Gasteiger partial charge is 0.415 e. The van der Waals surface area contributed by atoms with Crippen LogP contribution in [-0.2, 0) is 11.3 Å². The molecule has 0 bridgehead atoms. The lowest BCUT2D eigenvalue weighted by atomic mass is 9.96. The summed E-state index contributed by atoms with van der Waals surface area (Å²) < 4.78 is 13.3. The number of benzene rings is 1. The number of fused-ring (bicyclic) bond motifs is 1. The predicted molar refractivity (Wildman–Crippen MR) is 124 cm³/mol. The number of aromatic hydroxyl groups is 1. The summed E-state index contributed by atoms with van der Waals surface area (Å²) in [6, 6.07) is 4.58. The second kappa shape index (κ2) is 9.20. The number of hydrogen-bond acceptors (Lipinski definition) is 5. The standard InChI is InChI=1S/C24H36N2O5/c1-9-10-13-30-19-18-14-16(27)11-12-17(18)21(28)26(15-23(2,3)4)20(19)25(8)22(29)31-24(5,6)7/h11-12,14,27H,9-10,13,15H2,1-8H3. The summed E-state index contributed by atoms with van der Waals surface area (Å²) >= 11 is 0. The van der Waals surface area contributed by atoms with Gasteiger partial charge >= 0.3 is 6.09 Å². The molecule has 1 heterocycles. The molecule has 2 rings (SSSR count). The Bertz CT molecular complexity index is 996. The Morgan fingerprint density at radius 1 is 1.13 bits per heavy atom. The number of aromatic nitrogens is 1. The van der Waals surface area contributed by atoms with Crippen LogP contribution in [0.25, 0.3) is 10.8 Å². The van der Waals surface area contributed by atoms with E-state index in [9.17, 15) is 14.7 Å². The monoisotopic (exact) mass is 432 g/mol. The third-order valence-corrected chi connectivity index (χ3v) is 4.54. The molecule has 0 aliphatic rings. The van der Waals surface area contributed by atoms with Gasteiger partial charge in [0, 0.05) is 19.0 Å². The highest BCUT2D eigenvalue weighted by Gasteiger charge is 2.29. The number of ether oxygens (including phenoxy) is 2. The van der Waals surface area contributed by atoms with Gasteiger partial charge in [0.05, 0.1) is 12.0 Å². The molecule has 0 saturated carbocycles. The highest BCUT2D eigenvalue weighted by Crippen LogP contribution is 2.37. The van der Waals surface area contributed by atoms with E-state index < -0.39 is 11.7 Å². The number of rotatable bonds is 6. The first-order chi connectivity index (χ1) is 14.2. The number of carbonyl (C=O) groups is 1. The van der Waals surface area contributed by atoms with E-state index in [4.69, 9.17) is 9.47 Å². The number of phenols is 1. The van der Waals surface area contributed by atoms with Crippen molar-refractivity contribution in [1.29, 1.82) is 0 Å². The number of hydrogen-bond donors (Lipinski definition) is 1. The van der Waals surface area contributed by atoms with Crippen molar-refractivity contribution >= 4 is 22.7 Å². The van der Waals surface area contributed by atoms with Gasteiger partial charge in [0.15, 0.2) is 11.6 Å². The summed E-state index contributed by atoms with van der Waals surface area (Å²) in [5.41, 5.74) is -1.18. The van der Waals surface area contributed by atoms with Crippen LogP contribution < -0.4 is 15.2 Å². The maximum Gasteiger partial charge on any atom is 0.415 e. The number of carbonyl (C=O) groups excluding carboxylic acids is 1. The molecule has 1 amide bonds. The third kappa shape index (κ3) is 6.15. The van der Waals surface area contributed by atoms with E-state index in [0.717, 1.165) is 12.8 Å². The van der Waals surface area contributed by atoms with Crippen molar-refractivity contribution in [2.24, 2.45) is 5.41 Å². The Morgan fingerprint density at radius 3 is 2.32 bits per heavy atom. The molecular weight excluding hydrogens is 396 g/mol. The topological polar surface area (TPSA) is 81.0 Å². The van der Waals surface area contributed by atoms with Crippen LogP contribution in [0.5, 0.6) is 11.5 Å².